The molecular weight excluding hydrogens is 747 g/mol. The molecular formula is C55H94N2Ni. The van der Waals surface area contributed by atoms with E-state index in [4.69, 9.17) is 9.98 Å². The van der Waals surface area contributed by atoms with Gasteiger partial charge in [0.2, 0.25) is 0 Å². The minimum atomic E-state index is 0. The van der Waals surface area contributed by atoms with Crippen LogP contribution < -0.4 is 0 Å². The van der Waals surface area contributed by atoms with Gasteiger partial charge in [0.15, 0.2) is 0 Å². The Hall–Kier alpha value is -1.73. The molecule has 58 heavy (non-hydrogen) atoms. The van der Waals surface area contributed by atoms with Gasteiger partial charge in [-0.2, -0.15) is 0 Å². The molecule has 0 unspecified atom stereocenters. The van der Waals surface area contributed by atoms with Crippen LogP contribution in [0.15, 0.2) is 46.4 Å². The number of aryl methyl sites for hydroxylation is 4. The monoisotopic (exact) mass is 841 g/mol. The first kappa shape index (κ1) is 54.3. The van der Waals surface area contributed by atoms with Crippen molar-refractivity contribution in [3.05, 3.63) is 58.7 Å². The van der Waals surface area contributed by atoms with Crippen LogP contribution in [-0.2, 0) is 42.2 Å². The van der Waals surface area contributed by atoms with Gasteiger partial charge < -0.3 is 0 Å². The molecule has 2 rings (SSSR count). The smallest absolute Gasteiger partial charge is 0.0639 e. The summed E-state index contributed by atoms with van der Waals surface area (Å²) in [7, 11) is 0. The second-order valence-corrected chi connectivity index (χ2v) is 17.8. The summed E-state index contributed by atoms with van der Waals surface area (Å²) in [5.41, 5.74) is 10.8. The number of hydrogen-bond acceptors (Lipinski definition) is 2. The molecule has 0 heterocycles. The molecule has 0 radical (unpaired) electrons. The molecule has 0 fully saturated rings. The molecule has 2 aromatic carbocycles. The quantitative estimate of drug-likeness (QED) is 0.0366. The summed E-state index contributed by atoms with van der Waals surface area (Å²) in [5, 5.41) is 0. The minimum Gasteiger partial charge on any atom is -0.252 e. The Morgan fingerprint density at radius 2 is 0.517 bits per heavy atom. The molecule has 2 nitrogen and oxygen atoms in total. The van der Waals surface area contributed by atoms with Crippen LogP contribution in [0.2, 0.25) is 0 Å². The van der Waals surface area contributed by atoms with Crippen LogP contribution in [0.1, 0.15) is 263 Å². The average molecular weight is 842 g/mol. The summed E-state index contributed by atoms with van der Waals surface area (Å²) in [4.78, 5) is 11.3. The van der Waals surface area contributed by atoms with Crippen molar-refractivity contribution in [3.8, 4) is 0 Å². The Morgan fingerprint density at radius 1 is 0.293 bits per heavy atom. The summed E-state index contributed by atoms with van der Waals surface area (Å²) >= 11 is 0. The van der Waals surface area contributed by atoms with E-state index in [9.17, 15) is 0 Å². The molecule has 0 atom stereocenters. The summed E-state index contributed by atoms with van der Waals surface area (Å²) in [6, 6.07) is 14.7. The largest absolute Gasteiger partial charge is 0.252 e. The van der Waals surface area contributed by atoms with Gasteiger partial charge in [-0.25, -0.2) is 0 Å². The van der Waals surface area contributed by atoms with Gasteiger partial charge in [0, 0.05) is 16.5 Å². The zero-order chi connectivity index (χ0) is 41.0. The van der Waals surface area contributed by atoms with Gasteiger partial charge >= 0.3 is 0 Å². The number of rotatable bonds is 38. The maximum Gasteiger partial charge on any atom is 0.0639 e. The first-order chi connectivity index (χ1) is 28.1. The van der Waals surface area contributed by atoms with E-state index in [-0.39, 0.29) is 16.5 Å². The molecule has 2 aromatic rings. The van der Waals surface area contributed by atoms with Crippen LogP contribution in [0.3, 0.4) is 0 Å². The van der Waals surface area contributed by atoms with E-state index in [1.807, 2.05) is 0 Å². The van der Waals surface area contributed by atoms with E-state index >= 15 is 0 Å². The molecule has 0 aliphatic carbocycles. The third kappa shape index (κ3) is 27.2. The molecule has 0 N–H and O–H groups in total. The van der Waals surface area contributed by atoms with Crippen molar-refractivity contribution < 1.29 is 16.5 Å². The fourth-order valence-electron chi connectivity index (χ4n) is 8.38. The normalized spacial score (nSPS) is 12.0. The number of unbranched alkanes of at least 4 members (excludes halogenated alkanes) is 23. The molecule has 0 aliphatic heterocycles. The summed E-state index contributed by atoms with van der Waals surface area (Å²) in [6.07, 6.45) is 45.1. The number of aliphatic imine (C=N–C) groups is 2. The second kappa shape index (κ2) is 38.2. The Labute approximate surface area is 372 Å². The van der Waals surface area contributed by atoms with Gasteiger partial charge in [0.05, 0.1) is 22.8 Å². The van der Waals surface area contributed by atoms with Crippen molar-refractivity contribution in [2.75, 3.05) is 0 Å². The topological polar surface area (TPSA) is 24.7 Å². The van der Waals surface area contributed by atoms with Crippen LogP contribution in [0.4, 0.5) is 11.4 Å². The molecule has 334 valence electrons. The fourth-order valence-corrected chi connectivity index (χ4v) is 8.38. The maximum atomic E-state index is 5.68. The van der Waals surface area contributed by atoms with Crippen LogP contribution in [0.5, 0.6) is 0 Å². The van der Waals surface area contributed by atoms with E-state index in [1.54, 1.807) is 0 Å². The maximum absolute atomic E-state index is 5.68. The van der Waals surface area contributed by atoms with Crippen molar-refractivity contribution >= 4 is 22.8 Å². The molecule has 0 bridgehead atoms. The predicted molar refractivity (Wildman–Crippen MR) is 259 cm³/mol. The molecule has 0 saturated carbocycles. The SMILES string of the molecule is CCCCCCCCCCCCCCCC(=N\c1cc(CCCCC)cc(CCCCC)c1)/C(CCCCCC)=N/c1cc(CCCCC)cc(CCCCC)c1.[Ni]. The van der Waals surface area contributed by atoms with Crippen LogP contribution in [0.25, 0.3) is 0 Å². The second-order valence-electron chi connectivity index (χ2n) is 17.8. The Balaban J connectivity index is 0.0000168. The standard InChI is InChI=1S/C55H94N2.Ni/c1-7-13-19-21-22-23-24-25-26-27-28-29-35-41-55(57-53-46-50(38-32-17-11-5)43-51(47-53)39-33-18-12-6)54(40-34-20-14-8-2)56-52-44-48(36-30-15-9-3)42-49(45-52)37-31-16-10-4;/h42-47H,7-41H2,1-6H3;/b56-54+,57-55+;. The Bertz CT molecular complexity index is 1250. The summed E-state index contributed by atoms with van der Waals surface area (Å²) < 4.78 is 0. The number of hydrogen-bond donors (Lipinski definition) is 0. The van der Waals surface area contributed by atoms with E-state index in [0.717, 1.165) is 38.5 Å². The van der Waals surface area contributed by atoms with E-state index in [2.05, 4.69) is 77.9 Å². The van der Waals surface area contributed by atoms with Gasteiger partial charge in [-0.1, -0.05) is 201 Å². The van der Waals surface area contributed by atoms with Crippen molar-refractivity contribution in [2.45, 2.75) is 266 Å². The third-order valence-corrected chi connectivity index (χ3v) is 12.0. The zero-order valence-corrected chi connectivity index (χ0v) is 40.4. The average Bonchev–Trinajstić information content (AvgIpc) is 3.21. The Morgan fingerprint density at radius 3 is 0.793 bits per heavy atom. The summed E-state index contributed by atoms with van der Waals surface area (Å²) in [5.74, 6) is 0. The molecule has 0 saturated heterocycles. The van der Waals surface area contributed by atoms with Crippen molar-refractivity contribution in [1.29, 1.82) is 0 Å². The third-order valence-electron chi connectivity index (χ3n) is 12.0. The van der Waals surface area contributed by atoms with Crippen LogP contribution in [-0.4, -0.2) is 11.4 Å². The van der Waals surface area contributed by atoms with Gasteiger partial charge in [-0.05, 0) is 124 Å². The van der Waals surface area contributed by atoms with Crippen molar-refractivity contribution in [3.63, 3.8) is 0 Å². The van der Waals surface area contributed by atoms with Gasteiger partial charge in [0.1, 0.15) is 0 Å². The minimum absolute atomic E-state index is 0. The molecule has 0 amide bonds. The van der Waals surface area contributed by atoms with Gasteiger partial charge in [0.25, 0.3) is 0 Å². The summed E-state index contributed by atoms with van der Waals surface area (Å²) in [6.45, 7) is 13.9. The fraction of sp³-hybridized carbons (Fsp3) is 0.745. The van der Waals surface area contributed by atoms with Crippen molar-refractivity contribution in [1.82, 2.24) is 0 Å². The van der Waals surface area contributed by atoms with Crippen LogP contribution in [0, 0.1) is 0 Å². The van der Waals surface area contributed by atoms with Crippen molar-refractivity contribution in [2.24, 2.45) is 9.98 Å². The molecule has 0 aliphatic rings. The van der Waals surface area contributed by atoms with E-state index in [0.29, 0.717) is 0 Å². The van der Waals surface area contributed by atoms with E-state index < -0.39 is 0 Å². The first-order valence-corrected chi connectivity index (χ1v) is 25.5. The molecule has 3 heteroatoms. The number of benzene rings is 2. The number of nitrogens with zero attached hydrogens (tertiary/aromatic N) is 2. The first-order valence-electron chi connectivity index (χ1n) is 25.5. The molecule has 0 spiro atoms. The van der Waals surface area contributed by atoms with Gasteiger partial charge in [-0.3, -0.25) is 9.98 Å². The molecule has 0 aromatic heterocycles. The Kier molecular flexibility index (Phi) is 35.8. The zero-order valence-electron chi connectivity index (χ0n) is 39.4. The predicted octanol–water partition coefficient (Wildman–Crippen LogP) is 18.9. The van der Waals surface area contributed by atoms with E-state index in [1.165, 1.54) is 231 Å². The van der Waals surface area contributed by atoms with Crippen LogP contribution >= 0.6 is 0 Å². The van der Waals surface area contributed by atoms with Gasteiger partial charge in [-0.15, -0.1) is 0 Å².